The molecule has 20 heavy (non-hydrogen) atoms. The van der Waals surface area contributed by atoms with Gasteiger partial charge in [-0.25, -0.2) is 13.1 Å². The number of hydrogen-bond donors (Lipinski definition) is 1. The fraction of sp³-hybridized carbons (Fsp3) is 0.538. The molecule has 1 rings (SSSR count). The normalized spacial score (nSPS) is 11.3. The van der Waals surface area contributed by atoms with E-state index in [-0.39, 0.29) is 12.4 Å². The van der Waals surface area contributed by atoms with Crippen molar-refractivity contribution in [2.24, 2.45) is 0 Å². The smallest absolute Gasteiger partial charge is 0.213 e. The van der Waals surface area contributed by atoms with Crippen LogP contribution in [0.1, 0.15) is 5.56 Å². The first kappa shape index (κ1) is 16.7. The van der Waals surface area contributed by atoms with Crippen LogP contribution in [-0.4, -0.2) is 48.7 Å². The fourth-order valence-corrected chi connectivity index (χ4v) is 2.61. The molecule has 0 saturated heterocycles. The van der Waals surface area contributed by atoms with Crippen molar-refractivity contribution < 1.29 is 22.6 Å². The molecule has 1 N–H and O–H groups in total. The van der Waals surface area contributed by atoms with Crippen LogP contribution in [0.25, 0.3) is 0 Å². The van der Waals surface area contributed by atoms with E-state index in [9.17, 15) is 8.42 Å². The second kappa shape index (κ2) is 8.08. The predicted octanol–water partition coefficient (Wildman–Crippen LogP) is 0.812. The zero-order valence-corrected chi connectivity index (χ0v) is 12.8. The van der Waals surface area contributed by atoms with E-state index in [1.807, 2.05) is 12.1 Å². The van der Waals surface area contributed by atoms with E-state index >= 15 is 0 Å². The topological polar surface area (TPSA) is 73.9 Å². The van der Waals surface area contributed by atoms with Crippen LogP contribution in [0.5, 0.6) is 11.5 Å². The molecule has 0 aliphatic carbocycles. The number of hydrogen-bond acceptors (Lipinski definition) is 5. The molecule has 0 unspecified atom stereocenters. The highest BCUT2D eigenvalue weighted by molar-refractivity contribution is 7.89. The minimum atomic E-state index is -3.29. The zero-order valence-electron chi connectivity index (χ0n) is 12.0. The Morgan fingerprint density at radius 3 is 2.50 bits per heavy atom. The Kier molecular flexibility index (Phi) is 6.77. The van der Waals surface area contributed by atoms with E-state index in [0.29, 0.717) is 24.5 Å². The van der Waals surface area contributed by atoms with Crippen molar-refractivity contribution in [3.05, 3.63) is 23.8 Å². The van der Waals surface area contributed by atoms with Gasteiger partial charge in [0.05, 0.1) is 26.6 Å². The quantitative estimate of drug-likeness (QED) is 0.731. The van der Waals surface area contributed by atoms with Crippen molar-refractivity contribution in [3.8, 4) is 11.5 Å². The summed E-state index contributed by atoms with van der Waals surface area (Å²) in [6.45, 7) is 0.496. The van der Waals surface area contributed by atoms with E-state index in [2.05, 4.69) is 4.72 Å². The zero-order chi connectivity index (χ0) is 15.0. The predicted molar refractivity (Wildman–Crippen MR) is 76.9 cm³/mol. The third-order valence-corrected chi connectivity index (χ3v) is 4.11. The van der Waals surface area contributed by atoms with Gasteiger partial charge in [0.2, 0.25) is 10.0 Å². The summed E-state index contributed by atoms with van der Waals surface area (Å²) in [5.41, 5.74) is 0.919. The molecule has 6 nitrogen and oxygen atoms in total. The number of ether oxygens (including phenoxy) is 3. The van der Waals surface area contributed by atoms with Crippen LogP contribution in [0.15, 0.2) is 18.2 Å². The Hall–Kier alpha value is -1.31. The maximum atomic E-state index is 11.6. The first-order valence-corrected chi connectivity index (χ1v) is 7.85. The number of rotatable bonds is 9. The molecule has 0 aliphatic heterocycles. The molecule has 0 radical (unpaired) electrons. The minimum absolute atomic E-state index is 0.0384. The second-order valence-electron chi connectivity index (χ2n) is 4.13. The van der Waals surface area contributed by atoms with Crippen LogP contribution in [0.4, 0.5) is 0 Å². The van der Waals surface area contributed by atoms with E-state index < -0.39 is 10.0 Å². The number of methoxy groups -OCH3 is 3. The molecule has 0 aromatic heterocycles. The summed E-state index contributed by atoms with van der Waals surface area (Å²) < 4.78 is 40.8. The molecule has 1 aromatic rings. The number of sulfonamides is 1. The third-order valence-electron chi connectivity index (χ3n) is 2.77. The molecular weight excluding hydrogens is 282 g/mol. The SMILES string of the molecule is COCCS(=O)(=O)NCCc1ccc(OC)cc1OC. The summed E-state index contributed by atoms with van der Waals surface area (Å²) in [6.07, 6.45) is 0.541. The largest absolute Gasteiger partial charge is 0.497 e. The molecule has 0 bridgehead atoms. The van der Waals surface area contributed by atoms with E-state index in [1.54, 1.807) is 20.3 Å². The summed E-state index contributed by atoms with van der Waals surface area (Å²) >= 11 is 0. The third kappa shape index (κ3) is 5.36. The Morgan fingerprint density at radius 2 is 1.90 bits per heavy atom. The van der Waals surface area contributed by atoms with E-state index in [4.69, 9.17) is 14.2 Å². The van der Waals surface area contributed by atoms with Gasteiger partial charge >= 0.3 is 0 Å². The molecule has 0 spiro atoms. The van der Waals surface area contributed by atoms with E-state index in [1.165, 1.54) is 7.11 Å². The Morgan fingerprint density at radius 1 is 1.15 bits per heavy atom. The van der Waals surface area contributed by atoms with Crippen molar-refractivity contribution >= 4 is 10.0 Å². The molecule has 0 atom stereocenters. The molecule has 114 valence electrons. The lowest BCUT2D eigenvalue weighted by Crippen LogP contribution is -2.30. The number of nitrogens with one attached hydrogen (secondary N) is 1. The molecular formula is C13H21NO5S. The van der Waals surface area contributed by atoms with Gasteiger partial charge in [-0.2, -0.15) is 0 Å². The van der Waals surface area contributed by atoms with Crippen LogP contribution in [0, 0.1) is 0 Å². The van der Waals surface area contributed by atoms with Crippen LogP contribution in [0.3, 0.4) is 0 Å². The van der Waals surface area contributed by atoms with Crippen LogP contribution in [0.2, 0.25) is 0 Å². The summed E-state index contributed by atoms with van der Waals surface area (Å²) in [4.78, 5) is 0. The van der Waals surface area contributed by atoms with Crippen molar-refractivity contribution in [2.75, 3.05) is 40.2 Å². The Balaban J connectivity index is 2.57. The van der Waals surface area contributed by atoms with Gasteiger partial charge in [-0.05, 0) is 18.1 Å². The van der Waals surface area contributed by atoms with Crippen molar-refractivity contribution in [2.45, 2.75) is 6.42 Å². The van der Waals surface area contributed by atoms with Gasteiger partial charge in [-0.15, -0.1) is 0 Å². The monoisotopic (exact) mass is 303 g/mol. The molecule has 0 heterocycles. The molecule has 7 heteroatoms. The maximum absolute atomic E-state index is 11.6. The standard InChI is InChI=1S/C13H21NO5S/c1-17-8-9-20(15,16)14-7-6-11-4-5-12(18-2)10-13(11)19-3/h4-5,10,14H,6-9H2,1-3H3. The summed E-state index contributed by atoms with van der Waals surface area (Å²) in [6, 6.07) is 5.45. The summed E-state index contributed by atoms with van der Waals surface area (Å²) in [7, 11) is 1.34. The Labute approximate surface area is 120 Å². The molecule has 0 fully saturated rings. The van der Waals surface area contributed by atoms with Gasteiger partial charge in [0.15, 0.2) is 0 Å². The highest BCUT2D eigenvalue weighted by Crippen LogP contribution is 2.24. The van der Waals surface area contributed by atoms with Gasteiger partial charge in [0, 0.05) is 19.7 Å². The molecule has 0 saturated carbocycles. The summed E-state index contributed by atoms with van der Waals surface area (Å²) in [5.74, 6) is 1.34. The van der Waals surface area contributed by atoms with Crippen molar-refractivity contribution in [1.29, 1.82) is 0 Å². The highest BCUT2D eigenvalue weighted by Gasteiger charge is 2.10. The van der Waals surface area contributed by atoms with Crippen LogP contribution < -0.4 is 14.2 Å². The van der Waals surface area contributed by atoms with Crippen molar-refractivity contribution in [3.63, 3.8) is 0 Å². The van der Waals surface area contributed by atoms with Crippen molar-refractivity contribution in [1.82, 2.24) is 4.72 Å². The number of benzene rings is 1. The first-order valence-electron chi connectivity index (χ1n) is 6.19. The highest BCUT2D eigenvalue weighted by atomic mass is 32.2. The van der Waals surface area contributed by atoms with Gasteiger partial charge in [-0.1, -0.05) is 6.07 Å². The lowest BCUT2D eigenvalue weighted by atomic mass is 10.1. The van der Waals surface area contributed by atoms with E-state index in [0.717, 1.165) is 5.56 Å². The molecule has 0 aliphatic rings. The average Bonchev–Trinajstić information content (AvgIpc) is 2.45. The molecule has 0 amide bonds. The van der Waals surface area contributed by atoms with Crippen LogP contribution in [-0.2, 0) is 21.2 Å². The van der Waals surface area contributed by atoms with Gasteiger partial charge < -0.3 is 14.2 Å². The van der Waals surface area contributed by atoms with Gasteiger partial charge in [-0.3, -0.25) is 0 Å². The first-order chi connectivity index (χ1) is 9.52. The average molecular weight is 303 g/mol. The lowest BCUT2D eigenvalue weighted by Gasteiger charge is -2.11. The van der Waals surface area contributed by atoms with Gasteiger partial charge in [0.25, 0.3) is 0 Å². The summed E-state index contributed by atoms with van der Waals surface area (Å²) in [5, 5.41) is 0. The van der Waals surface area contributed by atoms with Gasteiger partial charge in [0.1, 0.15) is 11.5 Å². The lowest BCUT2D eigenvalue weighted by molar-refractivity contribution is 0.217. The minimum Gasteiger partial charge on any atom is -0.497 e. The van der Waals surface area contributed by atoms with Crippen LogP contribution >= 0.6 is 0 Å². The fourth-order valence-electron chi connectivity index (χ4n) is 1.66. The maximum Gasteiger partial charge on any atom is 0.213 e. The second-order valence-corrected chi connectivity index (χ2v) is 6.06. The Bertz CT molecular complexity index is 515. The molecule has 1 aromatic carbocycles.